The molecular weight excluding hydrogens is 536 g/mol. The van der Waals surface area contributed by atoms with Crippen LogP contribution < -0.4 is 11.1 Å². The Morgan fingerprint density at radius 1 is 0.500 bits per heavy atom. The Morgan fingerprint density at radius 3 is 1.61 bits per heavy atom. The molecule has 44 heavy (non-hydrogen) atoms. The molecule has 4 heteroatoms. The highest BCUT2D eigenvalue weighted by molar-refractivity contribution is 6.16. The van der Waals surface area contributed by atoms with Crippen molar-refractivity contribution in [2.45, 2.75) is 11.6 Å². The minimum atomic E-state index is -0.553. The smallest absolute Gasteiger partial charge is 0.169 e. The van der Waals surface area contributed by atoms with E-state index in [4.69, 9.17) is 15.7 Å². The van der Waals surface area contributed by atoms with Gasteiger partial charge in [-0.1, -0.05) is 140 Å². The summed E-state index contributed by atoms with van der Waals surface area (Å²) in [6.07, 6.45) is -0.360. The van der Waals surface area contributed by atoms with Gasteiger partial charge in [-0.2, -0.15) is 0 Å². The van der Waals surface area contributed by atoms with Crippen LogP contribution in [0.25, 0.3) is 11.1 Å². The van der Waals surface area contributed by atoms with Gasteiger partial charge in [0.15, 0.2) is 6.17 Å². The summed E-state index contributed by atoms with van der Waals surface area (Å²) in [5, 5.41) is 3.59. The first kappa shape index (κ1) is 25.9. The van der Waals surface area contributed by atoms with Gasteiger partial charge in [0, 0.05) is 16.8 Å². The number of nitrogens with zero attached hydrogens (tertiary/aromatic N) is 2. The Bertz CT molecular complexity index is 1990. The van der Waals surface area contributed by atoms with E-state index in [2.05, 4.69) is 121 Å². The zero-order valence-corrected chi connectivity index (χ0v) is 24.1. The molecule has 0 fully saturated rings. The van der Waals surface area contributed by atoms with Gasteiger partial charge < -0.3 is 11.1 Å². The third-order valence-corrected chi connectivity index (χ3v) is 8.73. The molecule has 1 heterocycles. The third kappa shape index (κ3) is 4.15. The maximum atomic E-state index is 6.49. The first-order valence-electron chi connectivity index (χ1n) is 14.9. The third-order valence-electron chi connectivity index (χ3n) is 8.73. The highest BCUT2D eigenvalue weighted by Crippen LogP contribution is 2.56. The van der Waals surface area contributed by atoms with E-state index in [0.717, 1.165) is 34.0 Å². The van der Waals surface area contributed by atoms with Crippen molar-refractivity contribution in [3.8, 4) is 11.1 Å². The topological polar surface area (TPSA) is 62.8 Å². The fraction of sp³-hybridized carbons (Fsp3) is 0.0500. The number of rotatable bonds is 5. The fourth-order valence-electron chi connectivity index (χ4n) is 6.77. The van der Waals surface area contributed by atoms with E-state index in [1.165, 1.54) is 33.4 Å². The van der Waals surface area contributed by atoms with Crippen molar-refractivity contribution in [3.63, 3.8) is 0 Å². The molecule has 8 rings (SSSR count). The molecule has 2 aliphatic rings. The maximum absolute atomic E-state index is 6.49. The largest absolute Gasteiger partial charge is 0.399 e. The van der Waals surface area contributed by atoms with Gasteiger partial charge in [0.25, 0.3) is 0 Å². The highest BCUT2D eigenvalue weighted by atomic mass is 15.2. The van der Waals surface area contributed by atoms with E-state index in [1.54, 1.807) is 0 Å². The average molecular weight is 567 g/mol. The average Bonchev–Trinajstić information content (AvgIpc) is 3.39. The van der Waals surface area contributed by atoms with Gasteiger partial charge >= 0.3 is 0 Å². The van der Waals surface area contributed by atoms with E-state index in [0.29, 0.717) is 0 Å². The first-order chi connectivity index (χ1) is 21.7. The molecule has 0 amide bonds. The Labute approximate surface area is 257 Å². The van der Waals surface area contributed by atoms with Crippen LogP contribution in [0.2, 0.25) is 0 Å². The quantitative estimate of drug-likeness (QED) is 0.207. The minimum Gasteiger partial charge on any atom is -0.399 e. The molecule has 4 nitrogen and oxygen atoms in total. The standard InChI is InChI=1S/C40H30N4/c41-32-22-24-34-33-23-21-29(39-43-37(27-13-5-1-6-14-27)42-38(44-39)28-15-7-2-8-16-28)25-35(33)40(36(34)26-32,30-17-9-3-10-18-30)31-19-11-4-12-20-31/h1-26,37H,41H2,(H,42,43,44). The molecule has 0 saturated heterocycles. The molecule has 1 aliphatic heterocycles. The number of fused-ring (bicyclic) bond motifs is 3. The summed E-state index contributed by atoms with van der Waals surface area (Å²) >= 11 is 0. The van der Waals surface area contributed by atoms with Crippen LogP contribution in [-0.4, -0.2) is 11.7 Å². The maximum Gasteiger partial charge on any atom is 0.169 e. The lowest BCUT2D eigenvalue weighted by molar-refractivity contribution is 0.754. The Morgan fingerprint density at radius 2 is 1.00 bits per heavy atom. The molecule has 6 aromatic carbocycles. The van der Waals surface area contributed by atoms with Crippen molar-refractivity contribution < 1.29 is 0 Å². The van der Waals surface area contributed by atoms with Crippen LogP contribution in [0, 0.1) is 0 Å². The Balaban J connectivity index is 1.36. The van der Waals surface area contributed by atoms with E-state index in [-0.39, 0.29) is 6.17 Å². The predicted molar refractivity (Wildman–Crippen MR) is 180 cm³/mol. The molecule has 0 saturated carbocycles. The van der Waals surface area contributed by atoms with Crippen molar-refractivity contribution in [1.29, 1.82) is 0 Å². The zero-order valence-electron chi connectivity index (χ0n) is 24.1. The van der Waals surface area contributed by atoms with Gasteiger partial charge in [-0.3, -0.25) is 0 Å². The van der Waals surface area contributed by atoms with Crippen LogP contribution in [0.5, 0.6) is 0 Å². The van der Waals surface area contributed by atoms with Gasteiger partial charge in [0.1, 0.15) is 11.7 Å². The molecule has 1 unspecified atom stereocenters. The minimum absolute atomic E-state index is 0.360. The van der Waals surface area contributed by atoms with Gasteiger partial charge in [0.05, 0.1) is 5.41 Å². The molecule has 6 aromatic rings. The number of nitrogens with one attached hydrogen (secondary N) is 1. The van der Waals surface area contributed by atoms with Crippen molar-refractivity contribution in [1.82, 2.24) is 5.32 Å². The molecule has 0 radical (unpaired) electrons. The molecule has 1 atom stereocenters. The van der Waals surface area contributed by atoms with E-state index in [9.17, 15) is 0 Å². The van der Waals surface area contributed by atoms with Crippen LogP contribution >= 0.6 is 0 Å². The number of amidine groups is 2. The molecule has 0 bridgehead atoms. The number of hydrogen-bond acceptors (Lipinski definition) is 4. The number of hydrogen-bond donors (Lipinski definition) is 2. The summed E-state index contributed by atoms with van der Waals surface area (Å²) in [7, 11) is 0. The molecular formula is C40H30N4. The second kappa shape index (κ2) is 10.5. The van der Waals surface area contributed by atoms with E-state index < -0.39 is 5.41 Å². The van der Waals surface area contributed by atoms with Gasteiger partial charge in [-0.15, -0.1) is 0 Å². The summed E-state index contributed by atoms with van der Waals surface area (Å²) in [5.74, 6) is 1.60. The summed E-state index contributed by atoms with van der Waals surface area (Å²) in [6, 6.07) is 55.1. The van der Waals surface area contributed by atoms with Gasteiger partial charge in [-0.05, 0) is 57.1 Å². The van der Waals surface area contributed by atoms with Crippen LogP contribution in [0.3, 0.4) is 0 Å². The Kier molecular flexibility index (Phi) is 6.20. The second-order valence-electron chi connectivity index (χ2n) is 11.3. The predicted octanol–water partition coefficient (Wildman–Crippen LogP) is 8.13. The number of aliphatic imine (C=N–C) groups is 2. The monoisotopic (exact) mass is 566 g/mol. The number of nitrogens with two attached hydrogens (primary N) is 1. The SMILES string of the molecule is Nc1ccc2c(c1)C(c1ccccc1)(c1ccccc1)c1cc(C3=NC(c4ccccc4)N=C(c4ccccc4)N3)ccc1-2. The summed E-state index contributed by atoms with van der Waals surface area (Å²) in [6.45, 7) is 0. The van der Waals surface area contributed by atoms with Crippen molar-refractivity contribution in [2.75, 3.05) is 5.73 Å². The molecule has 0 spiro atoms. The van der Waals surface area contributed by atoms with Crippen LogP contribution in [0.1, 0.15) is 45.1 Å². The fourth-order valence-corrected chi connectivity index (χ4v) is 6.77. The number of anilines is 1. The second-order valence-corrected chi connectivity index (χ2v) is 11.3. The lowest BCUT2D eigenvalue weighted by atomic mass is 9.67. The highest BCUT2D eigenvalue weighted by Gasteiger charge is 2.46. The van der Waals surface area contributed by atoms with Gasteiger partial charge in [0.2, 0.25) is 0 Å². The summed E-state index contributed by atoms with van der Waals surface area (Å²) in [5.41, 5.74) is 16.9. The lowest BCUT2D eigenvalue weighted by Crippen LogP contribution is -2.36. The van der Waals surface area contributed by atoms with E-state index in [1.807, 2.05) is 42.5 Å². The summed E-state index contributed by atoms with van der Waals surface area (Å²) < 4.78 is 0. The van der Waals surface area contributed by atoms with E-state index >= 15 is 0 Å². The van der Waals surface area contributed by atoms with Crippen LogP contribution in [0.15, 0.2) is 168 Å². The molecule has 210 valence electrons. The molecule has 1 aliphatic carbocycles. The number of benzene rings is 6. The van der Waals surface area contributed by atoms with Gasteiger partial charge in [-0.25, -0.2) is 9.98 Å². The molecule has 3 N–H and O–H groups in total. The number of nitrogen functional groups attached to an aromatic ring is 1. The zero-order chi connectivity index (χ0) is 29.5. The Hall–Kier alpha value is -5.74. The van der Waals surface area contributed by atoms with Crippen molar-refractivity contribution in [2.24, 2.45) is 9.98 Å². The lowest BCUT2D eigenvalue weighted by Gasteiger charge is -2.34. The van der Waals surface area contributed by atoms with Crippen molar-refractivity contribution >= 4 is 17.4 Å². The first-order valence-corrected chi connectivity index (χ1v) is 14.9. The summed E-state index contributed by atoms with van der Waals surface area (Å²) in [4.78, 5) is 10.2. The van der Waals surface area contributed by atoms with Crippen LogP contribution in [0.4, 0.5) is 5.69 Å². The van der Waals surface area contributed by atoms with Crippen molar-refractivity contribution in [3.05, 3.63) is 197 Å². The normalized spacial score (nSPS) is 16.2. The van der Waals surface area contributed by atoms with Crippen LogP contribution in [-0.2, 0) is 5.41 Å². The molecule has 0 aromatic heterocycles.